The summed E-state index contributed by atoms with van der Waals surface area (Å²) in [6.07, 6.45) is 4.09. The van der Waals surface area contributed by atoms with Crippen LogP contribution in [0.2, 0.25) is 0 Å². The molecular weight excluding hydrogens is 136 g/mol. The minimum Gasteiger partial charge on any atom is -0.316 e. The number of hydrogen-bond donors (Lipinski definition) is 1. The number of rotatable bonds is 1. The fraction of sp³-hybridized carbons (Fsp3) is 0.889. The Kier molecular flexibility index (Phi) is 2.14. The second-order valence-corrected chi connectivity index (χ2v) is 3.71. The van der Waals surface area contributed by atoms with Crippen LogP contribution in [0.5, 0.6) is 0 Å². The van der Waals surface area contributed by atoms with Crippen molar-refractivity contribution in [1.29, 1.82) is 0 Å². The zero-order valence-corrected chi connectivity index (χ0v) is 7.27. The molecule has 0 saturated carbocycles. The van der Waals surface area contributed by atoms with Crippen LogP contribution in [0.1, 0.15) is 19.3 Å². The summed E-state index contributed by atoms with van der Waals surface area (Å²) in [6, 6.07) is 1.70. The van der Waals surface area contributed by atoms with Gasteiger partial charge in [-0.1, -0.05) is 0 Å². The summed E-state index contributed by atoms with van der Waals surface area (Å²) >= 11 is 0. The Morgan fingerprint density at radius 1 is 1.55 bits per heavy atom. The number of hydrogen-bond acceptors (Lipinski definition) is 2. The van der Waals surface area contributed by atoms with E-state index in [0.717, 1.165) is 5.92 Å². The van der Waals surface area contributed by atoms with Crippen molar-refractivity contribution < 1.29 is 0 Å². The van der Waals surface area contributed by atoms with Gasteiger partial charge in [-0.3, -0.25) is 4.90 Å². The maximum atomic E-state index is 3.42. The third-order valence-corrected chi connectivity index (χ3v) is 2.95. The van der Waals surface area contributed by atoms with E-state index in [1.165, 1.54) is 38.9 Å². The molecule has 1 radical (unpaired) electrons. The van der Waals surface area contributed by atoms with Crippen LogP contribution in [0.4, 0.5) is 0 Å². The number of nitrogens with one attached hydrogen (secondary N) is 1. The predicted molar refractivity (Wildman–Crippen MR) is 46.1 cm³/mol. The summed E-state index contributed by atoms with van der Waals surface area (Å²) in [4.78, 5) is 2.46. The fourth-order valence-corrected chi connectivity index (χ4v) is 2.29. The van der Waals surface area contributed by atoms with Crippen LogP contribution in [-0.4, -0.2) is 31.6 Å². The van der Waals surface area contributed by atoms with Crippen LogP contribution in [-0.2, 0) is 0 Å². The molecule has 0 aliphatic carbocycles. The molecule has 2 saturated heterocycles. The first kappa shape index (κ1) is 7.56. The Morgan fingerprint density at radius 2 is 2.45 bits per heavy atom. The smallest absolute Gasteiger partial charge is 0.0434 e. The highest BCUT2D eigenvalue weighted by atomic mass is 15.2. The van der Waals surface area contributed by atoms with E-state index in [1.54, 1.807) is 6.04 Å². The Morgan fingerprint density at radius 3 is 3.00 bits per heavy atom. The number of nitrogens with zero attached hydrogens (tertiary/aromatic N) is 1. The van der Waals surface area contributed by atoms with Crippen molar-refractivity contribution in [1.82, 2.24) is 10.2 Å². The highest BCUT2D eigenvalue weighted by molar-refractivity contribution is 5.02. The summed E-state index contributed by atoms with van der Waals surface area (Å²) in [5.41, 5.74) is 0. The first-order valence-electron chi connectivity index (χ1n) is 4.65. The molecule has 0 spiro atoms. The lowest BCUT2D eigenvalue weighted by Crippen LogP contribution is -2.26. The third-order valence-electron chi connectivity index (χ3n) is 2.95. The van der Waals surface area contributed by atoms with Crippen molar-refractivity contribution in [3.05, 3.63) is 6.04 Å². The molecule has 0 aromatic rings. The summed E-state index contributed by atoms with van der Waals surface area (Å²) < 4.78 is 0. The first-order valence-corrected chi connectivity index (χ1v) is 4.65. The van der Waals surface area contributed by atoms with E-state index >= 15 is 0 Å². The van der Waals surface area contributed by atoms with Gasteiger partial charge in [0.25, 0.3) is 0 Å². The van der Waals surface area contributed by atoms with Gasteiger partial charge >= 0.3 is 0 Å². The molecule has 0 bridgehead atoms. The molecule has 2 nitrogen and oxygen atoms in total. The standard InChI is InChI=1S/C9H17N2/c1-11-6-2-3-9(11)8-4-5-10-7-8/h8,10H,2-7H2,1H3. The topological polar surface area (TPSA) is 15.3 Å². The van der Waals surface area contributed by atoms with Gasteiger partial charge in [0.2, 0.25) is 0 Å². The summed E-state index contributed by atoms with van der Waals surface area (Å²) in [5.74, 6) is 0.863. The van der Waals surface area contributed by atoms with Gasteiger partial charge in [0.15, 0.2) is 0 Å². The molecule has 2 aliphatic rings. The molecule has 2 fully saturated rings. The van der Waals surface area contributed by atoms with Crippen molar-refractivity contribution in [2.24, 2.45) is 5.92 Å². The average molecular weight is 153 g/mol. The Labute approximate surface area is 69.0 Å². The Balaban J connectivity index is 1.92. The normalized spacial score (nSPS) is 35.2. The minimum atomic E-state index is 0.863. The fourth-order valence-electron chi connectivity index (χ4n) is 2.29. The van der Waals surface area contributed by atoms with E-state index in [4.69, 9.17) is 0 Å². The average Bonchev–Trinajstić information content (AvgIpc) is 2.55. The number of likely N-dealkylation sites (tertiary alicyclic amines) is 1. The van der Waals surface area contributed by atoms with Gasteiger partial charge in [-0.25, -0.2) is 0 Å². The minimum absolute atomic E-state index is 0.863. The van der Waals surface area contributed by atoms with Gasteiger partial charge < -0.3 is 5.32 Å². The van der Waals surface area contributed by atoms with Gasteiger partial charge in [0.05, 0.1) is 0 Å². The predicted octanol–water partition coefficient (Wildman–Crippen LogP) is 0.853. The molecule has 1 atom stereocenters. The van der Waals surface area contributed by atoms with Crippen LogP contribution in [0.15, 0.2) is 0 Å². The molecule has 1 unspecified atom stereocenters. The Bertz CT molecular complexity index is 130. The summed E-state index contributed by atoms with van der Waals surface area (Å²) in [5, 5.41) is 3.42. The molecule has 63 valence electrons. The van der Waals surface area contributed by atoms with Crippen molar-refractivity contribution in [2.75, 3.05) is 26.7 Å². The second-order valence-electron chi connectivity index (χ2n) is 3.71. The SMILES string of the molecule is CN1CCC[C]1C1CCNC1. The first-order chi connectivity index (χ1) is 5.38. The molecule has 0 aromatic carbocycles. The van der Waals surface area contributed by atoms with E-state index in [9.17, 15) is 0 Å². The van der Waals surface area contributed by atoms with Crippen molar-refractivity contribution in [2.45, 2.75) is 19.3 Å². The van der Waals surface area contributed by atoms with Crippen LogP contribution < -0.4 is 5.32 Å². The maximum absolute atomic E-state index is 3.42. The lowest BCUT2D eigenvalue weighted by molar-refractivity contribution is 0.340. The highest BCUT2D eigenvalue weighted by Crippen LogP contribution is 2.32. The van der Waals surface area contributed by atoms with E-state index in [1.807, 2.05) is 0 Å². The van der Waals surface area contributed by atoms with Crippen LogP contribution in [0.3, 0.4) is 0 Å². The lowest BCUT2D eigenvalue weighted by Gasteiger charge is -2.23. The molecule has 0 aromatic heterocycles. The van der Waals surface area contributed by atoms with Gasteiger partial charge in [-0.15, -0.1) is 0 Å². The summed E-state index contributed by atoms with van der Waals surface area (Å²) in [7, 11) is 2.24. The van der Waals surface area contributed by atoms with Crippen molar-refractivity contribution in [3.8, 4) is 0 Å². The molecule has 0 amide bonds. The van der Waals surface area contributed by atoms with Gasteiger partial charge in [0.1, 0.15) is 0 Å². The zero-order valence-electron chi connectivity index (χ0n) is 7.27. The monoisotopic (exact) mass is 153 g/mol. The molecule has 2 heteroatoms. The zero-order chi connectivity index (χ0) is 7.68. The molecule has 1 N–H and O–H groups in total. The van der Waals surface area contributed by atoms with E-state index < -0.39 is 0 Å². The van der Waals surface area contributed by atoms with Crippen molar-refractivity contribution in [3.63, 3.8) is 0 Å². The van der Waals surface area contributed by atoms with E-state index in [-0.39, 0.29) is 0 Å². The van der Waals surface area contributed by atoms with Crippen LogP contribution >= 0.6 is 0 Å². The van der Waals surface area contributed by atoms with Crippen molar-refractivity contribution >= 4 is 0 Å². The maximum Gasteiger partial charge on any atom is 0.0434 e. The molecular formula is C9H17N2. The van der Waals surface area contributed by atoms with Gasteiger partial charge in [-0.05, 0) is 51.9 Å². The molecule has 11 heavy (non-hydrogen) atoms. The largest absolute Gasteiger partial charge is 0.316 e. The molecule has 2 heterocycles. The third kappa shape index (κ3) is 1.42. The van der Waals surface area contributed by atoms with E-state index in [0.29, 0.717) is 0 Å². The van der Waals surface area contributed by atoms with Gasteiger partial charge in [0, 0.05) is 6.04 Å². The summed E-state index contributed by atoms with van der Waals surface area (Å²) in [6.45, 7) is 3.73. The highest BCUT2D eigenvalue weighted by Gasteiger charge is 2.31. The Hall–Kier alpha value is -0.0800. The van der Waals surface area contributed by atoms with Crippen LogP contribution in [0.25, 0.3) is 0 Å². The van der Waals surface area contributed by atoms with Gasteiger partial charge in [-0.2, -0.15) is 0 Å². The van der Waals surface area contributed by atoms with E-state index in [2.05, 4.69) is 17.3 Å². The molecule has 2 rings (SSSR count). The lowest BCUT2D eigenvalue weighted by atomic mass is 9.97. The van der Waals surface area contributed by atoms with Crippen LogP contribution in [0, 0.1) is 12.0 Å². The quantitative estimate of drug-likeness (QED) is 0.601. The second kappa shape index (κ2) is 3.11. The molecule has 2 aliphatic heterocycles.